The summed E-state index contributed by atoms with van der Waals surface area (Å²) in [6.45, 7) is 5.93. The monoisotopic (exact) mass is 414 g/mol. The smallest absolute Gasteiger partial charge is 0.239 e. The topological polar surface area (TPSA) is 85.6 Å². The van der Waals surface area contributed by atoms with Gasteiger partial charge in [0.2, 0.25) is 11.1 Å². The molecule has 3 aromatic rings. The number of hydrogen-bond acceptors (Lipinski definition) is 7. The van der Waals surface area contributed by atoms with Crippen molar-refractivity contribution in [2.24, 2.45) is 0 Å². The average Bonchev–Trinajstić information content (AvgIpc) is 3.32. The minimum absolute atomic E-state index is 0.0917. The van der Waals surface area contributed by atoms with Gasteiger partial charge in [-0.3, -0.25) is 4.79 Å². The van der Waals surface area contributed by atoms with Crippen LogP contribution in [0.4, 0.5) is 5.13 Å². The molecule has 2 heterocycles. The summed E-state index contributed by atoms with van der Waals surface area (Å²) in [5, 5.41) is 15.8. The number of thioether (sulfide) groups is 1. The van der Waals surface area contributed by atoms with Crippen LogP contribution in [0.5, 0.6) is 0 Å². The number of nitrogens with zero attached hydrogens (tertiary/aromatic N) is 5. The zero-order chi connectivity index (χ0) is 19.7. The van der Waals surface area contributed by atoms with Crippen molar-refractivity contribution >= 4 is 34.1 Å². The van der Waals surface area contributed by atoms with Crippen LogP contribution in [0.2, 0.25) is 0 Å². The Morgan fingerprint density at radius 1 is 1.32 bits per heavy atom. The maximum Gasteiger partial charge on any atom is 0.239 e. The predicted octanol–water partition coefficient (Wildman–Crippen LogP) is 3.79. The lowest BCUT2D eigenvalue weighted by Crippen LogP contribution is -2.22. The molecule has 0 aliphatic heterocycles. The minimum Gasteiger partial charge on any atom is -0.301 e. The second kappa shape index (κ2) is 8.00. The van der Waals surface area contributed by atoms with Gasteiger partial charge >= 0.3 is 0 Å². The fraction of sp³-hybridized carbons (Fsp3) is 0.421. The van der Waals surface area contributed by atoms with Gasteiger partial charge in [-0.05, 0) is 49.6 Å². The van der Waals surface area contributed by atoms with Crippen molar-refractivity contribution in [2.45, 2.75) is 56.5 Å². The first-order valence-corrected chi connectivity index (χ1v) is 11.0. The van der Waals surface area contributed by atoms with E-state index in [-0.39, 0.29) is 11.2 Å². The van der Waals surface area contributed by atoms with Crippen molar-refractivity contribution in [3.8, 4) is 0 Å². The van der Waals surface area contributed by atoms with Crippen LogP contribution in [0.25, 0.3) is 0 Å². The highest BCUT2D eigenvalue weighted by atomic mass is 32.2. The fourth-order valence-electron chi connectivity index (χ4n) is 2.77. The number of aromatic nitrogens is 5. The van der Waals surface area contributed by atoms with Gasteiger partial charge in [0.05, 0.1) is 17.0 Å². The molecule has 1 fully saturated rings. The second-order valence-corrected chi connectivity index (χ2v) is 9.47. The normalized spacial score (nSPS) is 14.8. The van der Waals surface area contributed by atoms with E-state index in [1.807, 2.05) is 18.5 Å². The third kappa shape index (κ3) is 4.41. The summed E-state index contributed by atoms with van der Waals surface area (Å²) in [6.07, 6.45) is 3.02. The van der Waals surface area contributed by atoms with E-state index in [0.717, 1.165) is 29.8 Å². The van der Waals surface area contributed by atoms with E-state index in [1.165, 1.54) is 34.2 Å². The molecule has 0 saturated heterocycles. The van der Waals surface area contributed by atoms with Gasteiger partial charge in [0.1, 0.15) is 0 Å². The number of tetrazole rings is 1. The van der Waals surface area contributed by atoms with Crippen molar-refractivity contribution in [3.05, 3.63) is 46.0 Å². The van der Waals surface area contributed by atoms with E-state index in [2.05, 4.69) is 57.0 Å². The molecule has 7 nitrogen and oxygen atoms in total. The van der Waals surface area contributed by atoms with Gasteiger partial charge in [-0.25, -0.2) is 9.67 Å². The SMILES string of the molecule is Cc1ccc(Cc2sc(NC(=O)C(C)Sc3nnnn3C3CC3)nc2C)cc1. The van der Waals surface area contributed by atoms with Crippen LogP contribution in [0, 0.1) is 13.8 Å². The number of amides is 1. The average molecular weight is 415 g/mol. The Kier molecular flexibility index (Phi) is 5.45. The molecule has 1 aliphatic carbocycles. The standard InChI is InChI=1S/C19H22N6OS2/c1-11-4-6-14(7-5-11)10-16-12(2)20-18(28-16)21-17(26)13(3)27-19-22-23-24-25(19)15-8-9-15/h4-7,13,15H,8-10H2,1-3H3,(H,20,21,26). The molecule has 9 heteroatoms. The number of anilines is 1. The number of aryl methyl sites for hydroxylation is 2. The Balaban J connectivity index is 1.38. The first-order chi connectivity index (χ1) is 13.5. The molecule has 146 valence electrons. The number of nitrogens with one attached hydrogen (secondary N) is 1. The van der Waals surface area contributed by atoms with Gasteiger partial charge in [-0.15, -0.1) is 16.4 Å². The van der Waals surface area contributed by atoms with Crippen LogP contribution >= 0.6 is 23.1 Å². The molecule has 2 aromatic heterocycles. The van der Waals surface area contributed by atoms with Crippen LogP contribution in [0.1, 0.15) is 47.5 Å². The summed E-state index contributed by atoms with van der Waals surface area (Å²) >= 11 is 2.91. The summed E-state index contributed by atoms with van der Waals surface area (Å²) in [4.78, 5) is 18.3. The van der Waals surface area contributed by atoms with Crippen LogP contribution in [0.3, 0.4) is 0 Å². The molecule has 0 spiro atoms. The molecule has 28 heavy (non-hydrogen) atoms. The van der Waals surface area contributed by atoms with Gasteiger partial charge in [-0.2, -0.15) is 0 Å². The Morgan fingerprint density at radius 3 is 2.79 bits per heavy atom. The Labute approximate surface area is 172 Å². The highest BCUT2D eigenvalue weighted by Gasteiger charge is 2.29. The summed E-state index contributed by atoms with van der Waals surface area (Å²) in [7, 11) is 0. The van der Waals surface area contributed by atoms with Gasteiger partial charge in [0.25, 0.3) is 0 Å². The number of carbonyl (C=O) groups is 1. The zero-order valence-corrected chi connectivity index (χ0v) is 17.7. The van der Waals surface area contributed by atoms with Crippen molar-refractivity contribution in [3.63, 3.8) is 0 Å². The summed E-state index contributed by atoms with van der Waals surface area (Å²) in [5.74, 6) is -0.0917. The molecule has 1 N–H and O–H groups in total. The van der Waals surface area contributed by atoms with Crippen LogP contribution < -0.4 is 5.32 Å². The maximum atomic E-state index is 12.6. The summed E-state index contributed by atoms with van der Waals surface area (Å²) < 4.78 is 1.82. The van der Waals surface area contributed by atoms with Gasteiger partial charge in [0, 0.05) is 11.3 Å². The Morgan fingerprint density at radius 2 is 2.07 bits per heavy atom. The number of thiazole rings is 1. The molecule has 1 atom stereocenters. The highest BCUT2D eigenvalue weighted by Crippen LogP contribution is 2.37. The number of carbonyl (C=O) groups excluding carboxylic acids is 1. The van der Waals surface area contributed by atoms with E-state index < -0.39 is 0 Å². The first-order valence-electron chi connectivity index (χ1n) is 9.27. The molecule has 1 aromatic carbocycles. The lowest BCUT2D eigenvalue weighted by molar-refractivity contribution is -0.115. The molecule has 1 unspecified atom stereocenters. The van der Waals surface area contributed by atoms with Crippen LogP contribution in [-0.2, 0) is 11.2 Å². The molecule has 0 radical (unpaired) electrons. The molecule has 0 bridgehead atoms. The Bertz CT molecular complexity index is 977. The van der Waals surface area contributed by atoms with E-state index in [4.69, 9.17) is 0 Å². The van der Waals surface area contributed by atoms with E-state index in [0.29, 0.717) is 16.3 Å². The van der Waals surface area contributed by atoms with Gasteiger partial charge in [-0.1, -0.05) is 41.6 Å². The van der Waals surface area contributed by atoms with Crippen molar-refractivity contribution in [1.29, 1.82) is 0 Å². The molecular weight excluding hydrogens is 392 g/mol. The van der Waals surface area contributed by atoms with Gasteiger partial charge in [0.15, 0.2) is 5.13 Å². The number of benzene rings is 1. The minimum atomic E-state index is -0.312. The summed E-state index contributed by atoms with van der Waals surface area (Å²) in [5.41, 5.74) is 3.45. The number of hydrogen-bond donors (Lipinski definition) is 1. The molecule has 1 saturated carbocycles. The first kappa shape index (κ1) is 19.1. The summed E-state index contributed by atoms with van der Waals surface area (Å²) in [6, 6.07) is 8.88. The van der Waals surface area contributed by atoms with Crippen molar-refractivity contribution in [2.75, 3.05) is 5.32 Å². The molecule has 1 aliphatic rings. The lowest BCUT2D eigenvalue weighted by Gasteiger charge is -2.09. The molecule has 1 amide bonds. The lowest BCUT2D eigenvalue weighted by atomic mass is 10.1. The predicted molar refractivity (Wildman–Crippen MR) is 111 cm³/mol. The fourth-order valence-corrected chi connectivity index (χ4v) is 4.63. The second-order valence-electron chi connectivity index (χ2n) is 7.08. The van der Waals surface area contributed by atoms with Crippen LogP contribution in [0.15, 0.2) is 29.4 Å². The van der Waals surface area contributed by atoms with E-state index >= 15 is 0 Å². The third-order valence-electron chi connectivity index (χ3n) is 4.61. The largest absolute Gasteiger partial charge is 0.301 e. The Hall–Kier alpha value is -2.26. The van der Waals surface area contributed by atoms with Gasteiger partial charge < -0.3 is 5.32 Å². The molecule has 4 rings (SSSR count). The van der Waals surface area contributed by atoms with Crippen LogP contribution in [-0.4, -0.2) is 36.3 Å². The maximum absolute atomic E-state index is 12.6. The zero-order valence-electron chi connectivity index (χ0n) is 16.0. The number of rotatable bonds is 7. The van der Waals surface area contributed by atoms with E-state index in [1.54, 1.807) is 0 Å². The van der Waals surface area contributed by atoms with E-state index in [9.17, 15) is 4.79 Å². The third-order valence-corrected chi connectivity index (χ3v) is 6.73. The highest BCUT2D eigenvalue weighted by molar-refractivity contribution is 8.00. The van der Waals surface area contributed by atoms with Crippen molar-refractivity contribution in [1.82, 2.24) is 25.2 Å². The quantitative estimate of drug-likeness (QED) is 0.592. The van der Waals surface area contributed by atoms with Crippen molar-refractivity contribution < 1.29 is 4.79 Å². The molecular formula is C19H22N6OS2.